The van der Waals surface area contributed by atoms with Crippen molar-refractivity contribution in [2.45, 2.75) is 30.3 Å². The van der Waals surface area contributed by atoms with Gasteiger partial charge in [0.2, 0.25) is 10.0 Å². The fraction of sp³-hybridized carbons (Fsp3) is 0.571. The molecule has 0 radical (unpaired) electrons. The Bertz CT molecular complexity index is 631. The maximum Gasteiger partial charge on any atom is 0.243 e. The summed E-state index contributed by atoms with van der Waals surface area (Å²) < 4.78 is 57.8. The van der Waals surface area contributed by atoms with Gasteiger partial charge < -0.3 is 4.74 Å². The highest BCUT2D eigenvalue weighted by Gasteiger charge is 2.34. The van der Waals surface area contributed by atoms with Crippen molar-refractivity contribution in [3.05, 3.63) is 29.8 Å². The van der Waals surface area contributed by atoms with Gasteiger partial charge in [-0.15, -0.1) is 0 Å². The van der Waals surface area contributed by atoms with E-state index in [4.69, 9.17) is 4.74 Å². The van der Waals surface area contributed by atoms with Crippen molar-refractivity contribution in [3.63, 3.8) is 0 Å². The lowest BCUT2D eigenvalue weighted by atomic mass is 10.3. The van der Waals surface area contributed by atoms with E-state index in [0.29, 0.717) is 25.5 Å². The van der Waals surface area contributed by atoms with Crippen molar-refractivity contribution in [1.29, 1.82) is 0 Å². The number of sulfonamides is 1. The van der Waals surface area contributed by atoms with Crippen LogP contribution in [0.1, 0.15) is 19.3 Å². The summed E-state index contributed by atoms with van der Waals surface area (Å²) in [7, 11) is -3.79. The monoisotopic (exact) mass is 317 g/mol. The summed E-state index contributed by atoms with van der Waals surface area (Å²) in [5.41, 5.74) is 0. The van der Waals surface area contributed by atoms with E-state index in [-0.39, 0.29) is 17.5 Å². The lowest BCUT2D eigenvalue weighted by Crippen LogP contribution is -2.30. The number of halogens is 2. The molecule has 0 N–H and O–H groups in total. The minimum atomic E-state index is -3.79. The zero-order chi connectivity index (χ0) is 15.0. The van der Waals surface area contributed by atoms with E-state index in [1.165, 1.54) is 17.1 Å². The van der Waals surface area contributed by atoms with E-state index < -0.39 is 21.7 Å². The fourth-order valence-electron chi connectivity index (χ4n) is 2.40. The fourth-order valence-corrected chi connectivity index (χ4v) is 3.89. The van der Waals surface area contributed by atoms with Crippen LogP contribution in [0.3, 0.4) is 0 Å². The van der Waals surface area contributed by atoms with Crippen molar-refractivity contribution in [3.8, 4) is 0 Å². The van der Waals surface area contributed by atoms with Crippen LogP contribution >= 0.6 is 0 Å². The number of nitrogens with zero attached hydrogens (tertiary/aromatic N) is 1. The highest BCUT2D eigenvalue weighted by molar-refractivity contribution is 7.89. The number of benzene rings is 1. The van der Waals surface area contributed by atoms with Crippen molar-refractivity contribution in [2.24, 2.45) is 5.92 Å². The highest BCUT2D eigenvalue weighted by Crippen LogP contribution is 2.30. The summed E-state index contributed by atoms with van der Waals surface area (Å²) in [6, 6.07) is 2.65. The Balaban J connectivity index is 1.68. The number of hydrogen-bond acceptors (Lipinski definition) is 3. The Kier molecular flexibility index (Phi) is 3.98. The van der Waals surface area contributed by atoms with Gasteiger partial charge in [-0.1, -0.05) is 0 Å². The average Bonchev–Trinajstić information content (AvgIpc) is 3.15. The summed E-state index contributed by atoms with van der Waals surface area (Å²) in [5.74, 6) is -1.58. The SMILES string of the molecule is O=S(=O)(c1ccc(F)c(F)c1)N1CCC(OCC2CC2)C1. The average molecular weight is 317 g/mol. The maximum atomic E-state index is 13.2. The second-order valence-corrected chi connectivity index (χ2v) is 7.56. The smallest absolute Gasteiger partial charge is 0.243 e. The van der Waals surface area contributed by atoms with Crippen LogP contribution in [0, 0.1) is 17.6 Å². The number of rotatable bonds is 5. The molecule has 7 heteroatoms. The molecule has 0 amide bonds. The zero-order valence-electron chi connectivity index (χ0n) is 11.5. The van der Waals surface area contributed by atoms with Crippen LogP contribution < -0.4 is 0 Å². The summed E-state index contributed by atoms with van der Waals surface area (Å²) in [5, 5.41) is 0. The van der Waals surface area contributed by atoms with Gasteiger partial charge in [0.25, 0.3) is 0 Å². The lowest BCUT2D eigenvalue weighted by molar-refractivity contribution is 0.0561. The number of ether oxygens (including phenoxy) is 1. The molecule has 1 heterocycles. The summed E-state index contributed by atoms with van der Waals surface area (Å²) in [6.45, 7) is 1.30. The Labute approximate surface area is 122 Å². The Morgan fingerprint density at radius 3 is 2.62 bits per heavy atom. The standard InChI is InChI=1S/C14H17F2NO3S/c15-13-4-3-12(7-14(13)16)21(18,19)17-6-5-11(8-17)20-9-10-1-2-10/h3-4,7,10-11H,1-2,5-6,8-9H2. The van der Waals surface area contributed by atoms with Crippen LogP contribution in [-0.4, -0.2) is 38.5 Å². The molecule has 1 saturated carbocycles. The predicted molar refractivity (Wildman–Crippen MR) is 72.2 cm³/mol. The Morgan fingerprint density at radius 1 is 1.19 bits per heavy atom. The van der Waals surface area contributed by atoms with Gasteiger partial charge in [0.15, 0.2) is 11.6 Å². The van der Waals surface area contributed by atoms with E-state index in [2.05, 4.69) is 0 Å². The van der Waals surface area contributed by atoms with Crippen LogP contribution in [-0.2, 0) is 14.8 Å². The summed E-state index contributed by atoms with van der Waals surface area (Å²) >= 11 is 0. The first-order valence-electron chi connectivity index (χ1n) is 7.03. The van der Waals surface area contributed by atoms with Crippen molar-refractivity contribution < 1.29 is 21.9 Å². The van der Waals surface area contributed by atoms with Crippen molar-refractivity contribution in [2.75, 3.05) is 19.7 Å². The normalized spacial score (nSPS) is 23.6. The van der Waals surface area contributed by atoms with Gasteiger partial charge in [-0.2, -0.15) is 4.31 Å². The van der Waals surface area contributed by atoms with Gasteiger partial charge in [0.1, 0.15) is 0 Å². The minimum absolute atomic E-state index is 0.106. The molecular formula is C14H17F2NO3S. The molecule has 1 aromatic rings. The molecule has 2 aliphatic rings. The molecule has 1 aliphatic heterocycles. The van der Waals surface area contributed by atoms with E-state index in [1.54, 1.807) is 0 Å². The second kappa shape index (κ2) is 5.62. The number of hydrogen-bond donors (Lipinski definition) is 0. The molecule has 2 fully saturated rings. The molecule has 0 aromatic heterocycles. The molecule has 0 spiro atoms. The maximum absolute atomic E-state index is 13.2. The molecular weight excluding hydrogens is 300 g/mol. The topological polar surface area (TPSA) is 46.6 Å². The van der Waals surface area contributed by atoms with Gasteiger partial charge in [-0.25, -0.2) is 17.2 Å². The van der Waals surface area contributed by atoms with Crippen molar-refractivity contribution >= 4 is 10.0 Å². The molecule has 3 rings (SSSR count). The molecule has 1 aliphatic carbocycles. The third kappa shape index (κ3) is 3.25. The van der Waals surface area contributed by atoms with E-state index >= 15 is 0 Å². The first kappa shape index (κ1) is 14.9. The largest absolute Gasteiger partial charge is 0.377 e. The summed E-state index contributed by atoms with van der Waals surface area (Å²) in [6.07, 6.45) is 2.90. The Morgan fingerprint density at radius 2 is 1.95 bits per heavy atom. The predicted octanol–water partition coefficient (Wildman–Crippen LogP) is 2.15. The van der Waals surface area contributed by atoms with E-state index in [0.717, 1.165) is 18.2 Å². The van der Waals surface area contributed by atoms with Gasteiger partial charge in [0, 0.05) is 19.7 Å². The molecule has 4 nitrogen and oxygen atoms in total. The van der Waals surface area contributed by atoms with E-state index in [1.807, 2.05) is 0 Å². The third-order valence-corrected chi connectivity index (χ3v) is 5.76. The van der Waals surface area contributed by atoms with Crippen LogP contribution in [0.5, 0.6) is 0 Å². The molecule has 1 saturated heterocycles. The van der Waals surface area contributed by atoms with Gasteiger partial charge in [-0.3, -0.25) is 0 Å². The molecule has 0 bridgehead atoms. The molecule has 21 heavy (non-hydrogen) atoms. The Hall–Kier alpha value is -1.05. The highest BCUT2D eigenvalue weighted by atomic mass is 32.2. The molecule has 1 atom stereocenters. The lowest BCUT2D eigenvalue weighted by Gasteiger charge is -2.17. The van der Waals surface area contributed by atoms with Crippen LogP contribution in [0.4, 0.5) is 8.78 Å². The van der Waals surface area contributed by atoms with Crippen LogP contribution in [0.2, 0.25) is 0 Å². The molecule has 1 unspecified atom stereocenters. The van der Waals surface area contributed by atoms with E-state index in [9.17, 15) is 17.2 Å². The first-order valence-corrected chi connectivity index (χ1v) is 8.47. The van der Waals surface area contributed by atoms with Crippen LogP contribution in [0.25, 0.3) is 0 Å². The van der Waals surface area contributed by atoms with Crippen LogP contribution in [0.15, 0.2) is 23.1 Å². The van der Waals surface area contributed by atoms with Gasteiger partial charge in [0.05, 0.1) is 11.0 Å². The van der Waals surface area contributed by atoms with Crippen molar-refractivity contribution in [1.82, 2.24) is 4.31 Å². The van der Waals surface area contributed by atoms with Gasteiger partial charge in [-0.05, 0) is 43.4 Å². The van der Waals surface area contributed by atoms with Gasteiger partial charge >= 0.3 is 0 Å². The second-order valence-electron chi connectivity index (χ2n) is 5.63. The quantitative estimate of drug-likeness (QED) is 0.836. The molecule has 116 valence electrons. The summed E-state index contributed by atoms with van der Waals surface area (Å²) in [4.78, 5) is -0.218. The molecule has 1 aromatic carbocycles. The minimum Gasteiger partial charge on any atom is -0.377 e. The third-order valence-electron chi connectivity index (χ3n) is 3.90. The zero-order valence-corrected chi connectivity index (χ0v) is 12.3. The first-order chi connectivity index (χ1) is 9.96.